The lowest BCUT2D eigenvalue weighted by Crippen LogP contribution is -2.43. The van der Waals surface area contributed by atoms with Gasteiger partial charge in [-0.1, -0.05) is 0 Å². The van der Waals surface area contributed by atoms with Gasteiger partial charge in [-0.3, -0.25) is 4.57 Å². The number of ether oxygens (including phenoxy) is 1. The molecule has 0 bridgehead atoms. The lowest BCUT2D eigenvalue weighted by atomic mass is 9.98. The maximum Gasteiger partial charge on any atom is 0.351 e. The van der Waals surface area contributed by atoms with Crippen LogP contribution in [-0.4, -0.2) is 44.2 Å². The molecule has 1 aromatic heterocycles. The summed E-state index contributed by atoms with van der Waals surface area (Å²) in [7, 11) is 0. The molecule has 1 unspecified atom stereocenters. The van der Waals surface area contributed by atoms with E-state index in [1.165, 1.54) is 0 Å². The van der Waals surface area contributed by atoms with Crippen LogP contribution in [0.2, 0.25) is 0 Å². The highest BCUT2D eigenvalue weighted by Gasteiger charge is 2.55. The first-order chi connectivity index (χ1) is 8.78. The van der Waals surface area contributed by atoms with E-state index in [4.69, 9.17) is 15.6 Å². The molecule has 2 rings (SSSR count). The molecule has 9 heteroatoms. The van der Waals surface area contributed by atoms with Crippen molar-refractivity contribution >= 4 is 5.82 Å². The van der Waals surface area contributed by atoms with E-state index in [-0.39, 0.29) is 0 Å². The summed E-state index contributed by atoms with van der Waals surface area (Å²) >= 11 is 0. The molecule has 0 aliphatic carbocycles. The van der Waals surface area contributed by atoms with Crippen molar-refractivity contribution in [1.29, 1.82) is 0 Å². The van der Waals surface area contributed by atoms with Gasteiger partial charge in [-0.25, -0.2) is 13.6 Å². The first kappa shape index (κ1) is 13.8. The van der Waals surface area contributed by atoms with E-state index in [0.29, 0.717) is 10.8 Å². The monoisotopic (exact) mass is 277 g/mol. The Hall–Kier alpha value is -1.58. The van der Waals surface area contributed by atoms with Crippen LogP contribution in [-0.2, 0) is 4.74 Å². The molecule has 0 aromatic carbocycles. The molecule has 1 aromatic rings. The predicted molar refractivity (Wildman–Crippen MR) is 59.4 cm³/mol. The number of nitrogens with two attached hydrogens (primary N) is 1. The van der Waals surface area contributed by atoms with Crippen LogP contribution in [0.3, 0.4) is 0 Å². The molecule has 1 aliphatic rings. The van der Waals surface area contributed by atoms with Gasteiger partial charge in [0, 0.05) is 0 Å². The zero-order valence-corrected chi connectivity index (χ0v) is 9.96. The number of rotatable bonds is 2. The molecule has 0 spiro atoms. The standard InChI is InChI=1S/C10H13F2N3O4/c1-10(12)6(17)5(3-16)19-8(10)15-2-4(11)7(13)14-9(15)18/h2,5-6,8,16-17H,3H2,1H3,(H2,13,14,18)/t5-,6?,8-,10-/m1/s1. The Bertz CT molecular complexity index is 548. The average Bonchev–Trinajstić information content (AvgIpc) is 2.56. The molecule has 1 aliphatic heterocycles. The minimum atomic E-state index is -2.39. The van der Waals surface area contributed by atoms with E-state index < -0.39 is 48.0 Å². The van der Waals surface area contributed by atoms with Gasteiger partial charge in [0.25, 0.3) is 0 Å². The highest BCUT2D eigenvalue weighted by atomic mass is 19.1. The number of aliphatic hydroxyl groups excluding tert-OH is 2. The molecule has 0 saturated carbocycles. The third kappa shape index (κ3) is 2.09. The van der Waals surface area contributed by atoms with Crippen molar-refractivity contribution in [3.63, 3.8) is 0 Å². The highest BCUT2D eigenvalue weighted by molar-refractivity contribution is 5.26. The fourth-order valence-electron chi connectivity index (χ4n) is 1.99. The Morgan fingerprint density at radius 3 is 2.84 bits per heavy atom. The zero-order valence-electron chi connectivity index (χ0n) is 9.96. The van der Waals surface area contributed by atoms with Crippen molar-refractivity contribution in [2.45, 2.75) is 31.0 Å². The molecular formula is C10H13F2N3O4. The molecule has 2 heterocycles. The molecule has 4 N–H and O–H groups in total. The molecule has 7 nitrogen and oxygen atoms in total. The average molecular weight is 277 g/mol. The first-order valence-corrected chi connectivity index (χ1v) is 5.46. The van der Waals surface area contributed by atoms with Crippen molar-refractivity contribution in [2.75, 3.05) is 12.3 Å². The van der Waals surface area contributed by atoms with Crippen LogP contribution < -0.4 is 11.4 Å². The molecule has 1 saturated heterocycles. The van der Waals surface area contributed by atoms with E-state index in [1.807, 2.05) is 0 Å². The second-order valence-corrected chi connectivity index (χ2v) is 4.47. The predicted octanol–water partition coefficient (Wildman–Crippen LogP) is -1.06. The van der Waals surface area contributed by atoms with Crippen LogP contribution in [0.25, 0.3) is 0 Å². The molecule has 4 atom stereocenters. The number of nitrogen functional groups attached to an aromatic ring is 1. The number of halogens is 2. The minimum Gasteiger partial charge on any atom is -0.394 e. The molecule has 0 amide bonds. The lowest BCUT2D eigenvalue weighted by molar-refractivity contribution is -0.0614. The molecule has 0 radical (unpaired) electrons. The second kappa shape index (κ2) is 4.51. The number of anilines is 1. The number of aromatic nitrogens is 2. The van der Waals surface area contributed by atoms with Gasteiger partial charge in [-0.15, -0.1) is 0 Å². The van der Waals surface area contributed by atoms with Gasteiger partial charge in [-0.2, -0.15) is 4.98 Å². The van der Waals surface area contributed by atoms with E-state index in [0.717, 1.165) is 6.92 Å². The first-order valence-electron chi connectivity index (χ1n) is 5.46. The Labute approximate surface area is 106 Å². The van der Waals surface area contributed by atoms with Gasteiger partial charge in [0.2, 0.25) is 0 Å². The van der Waals surface area contributed by atoms with Crippen LogP contribution in [0.5, 0.6) is 0 Å². The Balaban J connectivity index is 2.48. The van der Waals surface area contributed by atoms with Crippen molar-refractivity contribution in [1.82, 2.24) is 9.55 Å². The van der Waals surface area contributed by atoms with Crippen LogP contribution in [0.15, 0.2) is 11.0 Å². The molecule has 106 valence electrons. The second-order valence-electron chi connectivity index (χ2n) is 4.47. The number of nitrogens with zero attached hydrogens (tertiary/aromatic N) is 2. The van der Waals surface area contributed by atoms with Gasteiger partial charge in [0.15, 0.2) is 23.5 Å². The van der Waals surface area contributed by atoms with Gasteiger partial charge in [0.1, 0.15) is 12.2 Å². The highest BCUT2D eigenvalue weighted by Crippen LogP contribution is 2.40. The van der Waals surface area contributed by atoms with Crippen molar-refractivity contribution < 1.29 is 23.7 Å². The van der Waals surface area contributed by atoms with Crippen molar-refractivity contribution in [3.8, 4) is 0 Å². The zero-order chi connectivity index (χ0) is 14.4. The van der Waals surface area contributed by atoms with E-state index >= 15 is 0 Å². The summed E-state index contributed by atoms with van der Waals surface area (Å²) in [4.78, 5) is 14.8. The normalized spacial score (nSPS) is 34.7. The maximum atomic E-state index is 14.4. The fourth-order valence-corrected chi connectivity index (χ4v) is 1.99. The van der Waals surface area contributed by atoms with Crippen LogP contribution in [0.1, 0.15) is 13.2 Å². The summed E-state index contributed by atoms with van der Waals surface area (Å²) in [6.45, 7) is 0.343. The van der Waals surface area contributed by atoms with E-state index in [2.05, 4.69) is 4.98 Å². The quantitative estimate of drug-likeness (QED) is 0.635. The third-order valence-electron chi connectivity index (χ3n) is 3.08. The number of alkyl halides is 1. The minimum absolute atomic E-state index is 0.560. The Morgan fingerprint density at radius 1 is 1.68 bits per heavy atom. The summed E-state index contributed by atoms with van der Waals surface area (Å²) in [6.07, 6.45) is -3.82. The summed E-state index contributed by atoms with van der Waals surface area (Å²) in [5, 5.41) is 18.6. The summed E-state index contributed by atoms with van der Waals surface area (Å²) < 4.78 is 33.3. The van der Waals surface area contributed by atoms with Crippen molar-refractivity contribution in [3.05, 3.63) is 22.5 Å². The van der Waals surface area contributed by atoms with Gasteiger partial charge in [-0.05, 0) is 6.92 Å². The SMILES string of the molecule is C[C@@]1(F)C(O)[C@@H](CO)O[C@H]1n1cc(F)c(N)nc1=O. The third-order valence-corrected chi connectivity index (χ3v) is 3.08. The molecule has 19 heavy (non-hydrogen) atoms. The smallest absolute Gasteiger partial charge is 0.351 e. The molecule has 1 fully saturated rings. The Kier molecular flexibility index (Phi) is 3.29. The van der Waals surface area contributed by atoms with Gasteiger partial charge >= 0.3 is 5.69 Å². The lowest BCUT2D eigenvalue weighted by Gasteiger charge is -2.24. The number of hydrogen-bond acceptors (Lipinski definition) is 6. The van der Waals surface area contributed by atoms with Crippen LogP contribution in [0, 0.1) is 5.82 Å². The Morgan fingerprint density at radius 2 is 2.32 bits per heavy atom. The van der Waals surface area contributed by atoms with Crippen LogP contribution >= 0.6 is 0 Å². The largest absolute Gasteiger partial charge is 0.394 e. The van der Waals surface area contributed by atoms with Gasteiger partial charge < -0.3 is 20.7 Å². The summed E-state index contributed by atoms with van der Waals surface area (Å²) in [6, 6.07) is 0. The molecular weight excluding hydrogens is 264 g/mol. The van der Waals surface area contributed by atoms with E-state index in [9.17, 15) is 18.7 Å². The fraction of sp³-hybridized carbons (Fsp3) is 0.600. The van der Waals surface area contributed by atoms with Crippen molar-refractivity contribution in [2.24, 2.45) is 0 Å². The summed E-state index contributed by atoms with van der Waals surface area (Å²) in [5.74, 6) is -1.62. The summed E-state index contributed by atoms with van der Waals surface area (Å²) in [5.41, 5.74) is 1.71. The topological polar surface area (TPSA) is 111 Å². The number of hydrogen-bond donors (Lipinski definition) is 3. The van der Waals surface area contributed by atoms with Gasteiger partial charge in [0.05, 0.1) is 12.8 Å². The number of aliphatic hydroxyl groups is 2. The maximum absolute atomic E-state index is 14.4. The van der Waals surface area contributed by atoms with E-state index in [1.54, 1.807) is 0 Å². The van der Waals surface area contributed by atoms with Crippen LogP contribution in [0.4, 0.5) is 14.6 Å².